The first-order valence-electron chi connectivity index (χ1n) is 8.23. The third-order valence-corrected chi connectivity index (χ3v) is 5.78. The quantitative estimate of drug-likeness (QED) is 0.640. The van der Waals surface area contributed by atoms with Gasteiger partial charge in [-0.05, 0) is 38.5 Å². The highest BCUT2D eigenvalue weighted by Gasteiger charge is 2.31. The molecule has 0 bridgehead atoms. The number of nitrogens with two attached hydrogens (primary N) is 1. The summed E-state index contributed by atoms with van der Waals surface area (Å²) in [5.41, 5.74) is 0. The SMILES string of the molecule is C[C@@H]1CCCC[C@@H]1NC(=O)[C@@H](C)Sc1nnc(C2CC2)n1N. The van der Waals surface area contributed by atoms with Crippen molar-refractivity contribution < 1.29 is 4.79 Å². The molecule has 7 heteroatoms. The second-order valence-corrected chi connectivity index (χ2v) is 7.93. The maximum absolute atomic E-state index is 12.4. The highest BCUT2D eigenvalue weighted by atomic mass is 32.2. The summed E-state index contributed by atoms with van der Waals surface area (Å²) in [4.78, 5) is 12.4. The number of amides is 1. The normalized spacial score (nSPS) is 26.6. The van der Waals surface area contributed by atoms with Crippen LogP contribution in [-0.4, -0.2) is 32.1 Å². The van der Waals surface area contributed by atoms with E-state index in [0.29, 0.717) is 23.0 Å². The fourth-order valence-electron chi connectivity index (χ4n) is 3.03. The average molecular weight is 323 g/mol. The summed E-state index contributed by atoms with van der Waals surface area (Å²) in [6, 6.07) is 0.307. The first kappa shape index (κ1) is 15.6. The van der Waals surface area contributed by atoms with Gasteiger partial charge >= 0.3 is 0 Å². The predicted molar refractivity (Wildman–Crippen MR) is 87.0 cm³/mol. The minimum Gasteiger partial charge on any atom is -0.352 e. The molecule has 3 atom stereocenters. The summed E-state index contributed by atoms with van der Waals surface area (Å²) >= 11 is 1.39. The molecule has 1 aromatic heterocycles. The number of rotatable bonds is 5. The number of aromatic nitrogens is 3. The number of thioether (sulfide) groups is 1. The zero-order valence-corrected chi connectivity index (χ0v) is 14.1. The summed E-state index contributed by atoms with van der Waals surface area (Å²) in [6.07, 6.45) is 7.04. The lowest BCUT2D eigenvalue weighted by atomic mass is 9.86. The predicted octanol–water partition coefficient (Wildman–Crippen LogP) is 2.04. The van der Waals surface area contributed by atoms with E-state index in [4.69, 9.17) is 5.84 Å². The fourth-order valence-corrected chi connectivity index (χ4v) is 3.82. The molecule has 122 valence electrons. The summed E-state index contributed by atoms with van der Waals surface area (Å²) < 4.78 is 1.55. The maximum atomic E-state index is 12.4. The molecule has 0 aromatic carbocycles. The van der Waals surface area contributed by atoms with Crippen molar-refractivity contribution in [2.45, 2.75) is 74.7 Å². The third-order valence-electron chi connectivity index (χ3n) is 4.72. The number of nitrogens with zero attached hydrogens (tertiary/aromatic N) is 3. The Kier molecular flexibility index (Phi) is 4.61. The fraction of sp³-hybridized carbons (Fsp3) is 0.800. The number of hydrogen-bond acceptors (Lipinski definition) is 5. The molecule has 0 aliphatic heterocycles. The first-order chi connectivity index (χ1) is 10.6. The van der Waals surface area contributed by atoms with E-state index in [9.17, 15) is 4.79 Å². The van der Waals surface area contributed by atoms with Crippen molar-refractivity contribution in [3.63, 3.8) is 0 Å². The standard InChI is InChI=1S/C15H25N5OS/c1-9-5-3-4-6-12(9)17-14(21)10(2)22-15-19-18-13(20(15)16)11-7-8-11/h9-12H,3-8,16H2,1-2H3,(H,17,21)/t9-,10-,12+/m1/s1. The zero-order chi connectivity index (χ0) is 15.7. The molecule has 1 aromatic rings. The molecule has 0 spiro atoms. The Morgan fingerprint density at radius 1 is 1.32 bits per heavy atom. The van der Waals surface area contributed by atoms with Crippen molar-refractivity contribution in [3.05, 3.63) is 5.82 Å². The van der Waals surface area contributed by atoms with Crippen molar-refractivity contribution >= 4 is 17.7 Å². The Balaban J connectivity index is 1.56. The maximum Gasteiger partial charge on any atom is 0.233 e. The minimum absolute atomic E-state index is 0.0692. The third kappa shape index (κ3) is 3.39. The van der Waals surface area contributed by atoms with Crippen LogP contribution in [-0.2, 0) is 4.79 Å². The van der Waals surface area contributed by atoms with Gasteiger partial charge in [0.05, 0.1) is 5.25 Å². The van der Waals surface area contributed by atoms with Crippen LogP contribution < -0.4 is 11.2 Å². The summed E-state index contributed by atoms with van der Waals surface area (Å²) in [7, 11) is 0. The molecule has 2 saturated carbocycles. The van der Waals surface area contributed by atoms with Crippen LogP contribution in [0.5, 0.6) is 0 Å². The number of hydrogen-bond donors (Lipinski definition) is 2. The van der Waals surface area contributed by atoms with Crippen molar-refractivity contribution in [2.24, 2.45) is 5.92 Å². The molecule has 2 fully saturated rings. The minimum atomic E-state index is -0.215. The molecular formula is C15H25N5OS. The Morgan fingerprint density at radius 3 is 2.73 bits per heavy atom. The molecule has 3 N–H and O–H groups in total. The molecule has 1 heterocycles. The molecule has 22 heavy (non-hydrogen) atoms. The Labute approximate surface area is 135 Å². The number of carbonyl (C=O) groups excluding carboxylic acids is 1. The Bertz CT molecular complexity index is 542. The lowest BCUT2D eigenvalue weighted by Gasteiger charge is -2.30. The lowest BCUT2D eigenvalue weighted by molar-refractivity contribution is -0.121. The van der Waals surface area contributed by atoms with Gasteiger partial charge in [0, 0.05) is 12.0 Å². The van der Waals surface area contributed by atoms with Gasteiger partial charge in [0.2, 0.25) is 11.1 Å². The lowest BCUT2D eigenvalue weighted by Crippen LogP contribution is -2.44. The van der Waals surface area contributed by atoms with E-state index in [0.717, 1.165) is 25.1 Å². The molecule has 2 aliphatic carbocycles. The van der Waals surface area contributed by atoms with Crippen LogP contribution in [0.1, 0.15) is 64.1 Å². The number of nitrogens with one attached hydrogen (secondary N) is 1. The van der Waals surface area contributed by atoms with Gasteiger partial charge in [-0.1, -0.05) is 31.5 Å². The summed E-state index contributed by atoms with van der Waals surface area (Å²) in [5, 5.41) is 11.9. The van der Waals surface area contributed by atoms with E-state index in [1.807, 2.05) is 6.92 Å². The van der Waals surface area contributed by atoms with Gasteiger partial charge in [-0.25, -0.2) is 4.68 Å². The van der Waals surface area contributed by atoms with Crippen LogP contribution in [0.25, 0.3) is 0 Å². The monoisotopic (exact) mass is 323 g/mol. The van der Waals surface area contributed by atoms with Gasteiger partial charge < -0.3 is 11.2 Å². The highest BCUT2D eigenvalue weighted by Crippen LogP contribution is 2.39. The average Bonchev–Trinajstić information content (AvgIpc) is 3.27. The van der Waals surface area contributed by atoms with Crippen LogP contribution in [0.15, 0.2) is 5.16 Å². The molecule has 2 aliphatic rings. The molecule has 6 nitrogen and oxygen atoms in total. The summed E-state index contributed by atoms with van der Waals surface area (Å²) in [6.45, 7) is 4.12. The van der Waals surface area contributed by atoms with E-state index < -0.39 is 0 Å². The molecule has 3 rings (SSSR count). The van der Waals surface area contributed by atoms with Gasteiger partial charge in [-0.2, -0.15) is 0 Å². The molecule has 1 amide bonds. The second kappa shape index (κ2) is 6.48. The van der Waals surface area contributed by atoms with Crippen LogP contribution in [0, 0.1) is 5.92 Å². The molecule has 0 unspecified atom stereocenters. The van der Waals surface area contributed by atoms with Gasteiger partial charge in [-0.3, -0.25) is 4.79 Å². The number of nitrogen functional groups attached to an aromatic ring is 1. The van der Waals surface area contributed by atoms with Crippen molar-refractivity contribution in [2.75, 3.05) is 5.84 Å². The highest BCUT2D eigenvalue weighted by molar-refractivity contribution is 8.00. The molecule has 0 radical (unpaired) electrons. The van der Waals surface area contributed by atoms with E-state index in [1.165, 1.54) is 31.0 Å². The first-order valence-corrected chi connectivity index (χ1v) is 9.11. The van der Waals surface area contributed by atoms with E-state index in [1.54, 1.807) is 4.68 Å². The largest absolute Gasteiger partial charge is 0.352 e. The van der Waals surface area contributed by atoms with E-state index >= 15 is 0 Å². The van der Waals surface area contributed by atoms with Crippen molar-refractivity contribution in [3.8, 4) is 0 Å². The van der Waals surface area contributed by atoms with Crippen LogP contribution in [0.4, 0.5) is 0 Å². The summed E-state index contributed by atoms with van der Waals surface area (Å²) in [5.74, 6) is 7.97. The van der Waals surface area contributed by atoms with Crippen LogP contribution in [0.3, 0.4) is 0 Å². The Hall–Kier alpha value is -1.24. The van der Waals surface area contributed by atoms with E-state index in [-0.39, 0.29) is 11.2 Å². The smallest absolute Gasteiger partial charge is 0.233 e. The molecular weight excluding hydrogens is 298 g/mol. The Morgan fingerprint density at radius 2 is 2.05 bits per heavy atom. The topological polar surface area (TPSA) is 85.8 Å². The van der Waals surface area contributed by atoms with Gasteiger partial charge in [0.15, 0.2) is 5.82 Å². The zero-order valence-electron chi connectivity index (χ0n) is 13.3. The van der Waals surface area contributed by atoms with Crippen molar-refractivity contribution in [1.29, 1.82) is 0 Å². The molecule has 0 saturated heterocycles. The van der Waals surface area contributed by atoms with Gasteiger partial charge in [-0.15, -0.1) is 10.2 Å². The second-order valence-electron chi connectivity index (χ2n) is 6.62. The van der Waals surface area contributed by atoms with Gasteiger partial charge in [0.25, 0.3) is 0 Å². The number of carbonyl (C=O) groups is 1. The van der Waals surface area contributed by atoms with E-state index in [2.05, 4.69) is 22.4 Å². The van der Waals surface area contributed by atoms with Gasteiger partial charge in [0.1, 0.15) is 0 Å². The van der Waals surface area contributed by atoms with Crippen LogP contribution >= 0.6 is 11.8 Å². The van der Waals surface area contributed by atoms with Crippen LogP contribution in [0.2, 0.25) is 0 Å². The van der Waals surface area contributed by atoms with Crippen molar-refractivity contribution in [1.82, 2.24) is 20.2 Å².